The summed E-state index contributed by atoms with van der Waals surface area (Å²) in [4.78, 5) is 8.57. The average molecular weight is 283 g/mol. The molecule has 4 nitrogen and oxygen atoms in total. The monoisotopic (exact) mass is 283 g/mol. The Balaban J connectivity index is 2.08. The third-order valence-corrected chi connectivity index (χ3v) is 3.40. The molecule has 0 saturated heterocycles. The first-order valence-electron chi connectivity index (χ1n) is 6.49. The molecule has 5 heteroatoms. The van der Waals surface area contributed by atoms with E-state index in [4.69, 9.17) is 10.5 Å². The normalized spacial score (nSPS) is 12.3. The maximum atomic E-state index is 13.8. The zero-order valence-electron chi connectivity index (χ0n) is 11.5. The van der Waals surface area contributed by atoms with Crippen molar-refractivity contribution in [3.8, 4) is 5.75 Å². The van der Waals surface area contributed by atoms with Gasteiger partial charge in [0, 0.05) is 18.0 Å². The summed E-state index contributed by atoms with van der Waals surface area (Å²) in [6, 6.07) is 9.84. The summed E-state index contributed by atoms with van der Waals surface area (Å²) >= 11 is 0. The highest BCUT2D eigenvalue weighted by atomic mass is 19.1. The number of ether oxygens (including phenoxy) is 1. The van der Waals surface area contributed by atoms with Gasteiger partial charge in [0.2, 0.25) is 0 Å². The van der Waals surface area contributed by atoms with Crippen LogP contribution in [0.3, 0.4) is 0 Å². The van der Waals surface area contributed by atoms with Gasteiger partial charge >= 0.3 is 0 Å². The number of hydrogen-bond acceptors (Lipinski definition) is 4. The third kappa shape index (κ3) is 2.43. The van der Waals surface area contributed by atoms with Crippen molar-refractivity contribution < 1.29 is 9.13 Å². The summed E-state index contributed by atoms with van der Waals surface area (Å²) in [6.07, 6.45) is 3.25. The number of benzene rings is 2. The minimum absolute atomic E-state index is 0.198. The molecule has 0 spiro atoms. The molecule has 0 aliphatic carbocycles. The van der Waals surface area contributed by atoms with E-state index in [9.17, 15) is 4.39 Å². The van der Waals surface area contributed by atoms with Gasteiger partial charge < -0.3 is 10.5 Å². The van der Waals surface area contributed by atoms with Crippen molar-refractivity contribution in [3.05, 3.63) is 65.7 Å². The van der Waals surface area contributed by atoms with Crippen LogP contribution in [-0.4, -0.2) is 17.1 Å². The lowest BCUT2D eigenvalue weighted by atomic mass is 9.98. The van der Waals surface area contributed by atoms with Crippen molar-refractivity contribution in [2.45, 2.75) is 6.04 Å². The molecule has 0 aliphatic rings. The Bertz CT molecular complexity index is 786. The highest BCUT2D eigenvalue weighted by Gasteiger charge is 2.15. The van der Waals surface area contributed by atoms with Gasteiger partial charge in [0.25, 0.3) is 0 Å². The van der Waals surface area contributed by atoms with Crippen LogP contribution < -0.4 is 10.5 Å². The number of rotatable bonds is 3. The minimum Gasteiger partial charge on any atom is -0.494 e. The topological polar surface area (TPSA) is 61.0 Å². The molecule has 0 saturated carbocycles. The summed E-state index contributed by atoms with van der Waals surface area (Å²) in [6.45, 7) is 0. The van der Waals surface area contributed by atoms with Gasteiger partial charge in [0.1, 0.15) is 0 Å². The number of para-hydroxylation sites is 1. The van der Waals surface area contributed by atoms with E-state index >= 15 is 0 Å². The van der Waals surface area contributed by atoms with Gasteiger partial charge in [-0.15, -0.1) is 0 Å². The lowest BCUT2D eigenvalue weighted by molar-refractivity contribution is 0.386. The van der Waals surface area contributed by atoms with Crippen LogP contribution in [-0.2, 0) is 0 Å². The van der Waals surface area contributed by atoms with Crippen molar-refractivity contribution in [2.75, 3.05) is 7.11 Å². The Kier molecular flexibility index (Phi) is 3.50. The summed E-state index contributed by atoms with van der Waals surface area (Å²) in [7, 11) is 1.43. The molecule has 0 fully saturated rings. The molecule has 2 aromatic carbocycles. The second-order valence-electron chi connectivity index (χ2n) is 4.64. The number of nitrogens with zero attached hydrogens (tertiary/aromatic N) is 2. The smallest absolute Gasteiger partial charge is 0.165 e. The summed E-state index contributed by atoms with van der Waals surface area (Å²) < 4.78 is 18.7. The number of methoxy groups -OCH3 is 1. The largest absolute Gasteiger partial charge is 0.494 e. The Labute approximate surface area is 121 Å². The first-order chi connectivity index (χ1) is 10.2. The molecule has 1 unspecified atom stereocenters. The summed E-state index contributed by atoms with van der Waals surface area (Å²) in [5.41, 5.74) is 9.23. The fraction of sp³-hybridized carbons (Fsp3) is 0.125. The highest BCUT2D eigenvalue weighted by molar-refractivity contribution is 5.78. The molecule has 3 aromatic rings. The Morgan fingerprint density at radius 3 is 2.71 bits per heavy atom. The van der Waals surface area contributed by atoms with Crippen molar-refractivity contribution in [1.29, 1.82) is 0 Å². The van der Waals surface area contributed by atoms with Crippen LogP contribution in [0.2, 0.25) is 0 Å². The summed E-state index contributed by atoms with van der Waals surface area (Å²) in [5, 5.41) is 0. The Morgan fingerprint density at radius 2 is 1.95 bits per heavy atom. The average Bonchev–Trinajstić information content (AvgIpc) is 2.53. The van der Waals surface area contributed by atoms with E-state index in [-0.39, 0.29) is 5.75 Å². The van der Waals surface area contributed by atoms with Crippen LogP contribution in [0.4, 0.5) is 4.39 Å². The fourth-order valence-corrected chi connectivity index (χ4v) is 2.32. The van der Waals surface area contributed by atoms with Crippen LogP contribution in [0.5, 0.6) is 5.75 Å². The van der Waals surface area contributed by atoms with E-state index in [2.05, 4.69) is 9.97 Å². The van der Waals surface area contributed by atoms with Crippen LogP contribution >= 0.6 is 0 Å². The SMILES string of the molecule is COc1ccc(C(N)c2cccc3nccnc23)cc1F. The van der Waals surface area contributed by atoms with Crippen LogP contribution in [0.1, 0.15) is 17.2 Å². The quantitative estimate of drug-likeness (QED) is 0.803. The molecule has 1 atom stereocenters. The predicted octanol–water partition coefficient (Wildman–Crippen LogP) is 2.83. The number of hydrogen-bond donors (Lipinski definition) is 1. The lowest BCUT2D eigenvalue weighted by Crippen LogP contribution is -2.13. The zero-order valence-corrected chi connectivity index (χ0v) is 11.5. The van der Waals surface area contributed by atoms with Crippen LogP contribution in [0, 0.1) is 5.82 Å². The van der Waals surface area contributed by atoms with Gasteiger partial charge in [-0.1, -0.05) is 18.2 Å². The van der Waals surface area contributed by atoms with Gasteiger partial charge in [0.15, 0.2) is 11.6 Å². The molecule has 21 heavy (non-hydrogen) atoms. The Morgan fingerprint density at radius 1 is 1.14 bits per heavy atom. The van der Waals surface area contributed by atoms with Crippen molar-refractivity contribution in [1.82, 2.24) is 9.97 Å². The second-order valence-corrected chi connectivity index (χ2v) is 4.64. The molecule has 2 N–H and O–H groups in total. The number of fused-ring (bicyclic) bond motifs is 1. The van der Waals surface area contributed by atoms with Crippen LogP contribution in [0.15, 0.2) is 48.8 Å². The van der Waals surface area contributed by atoms with Crippen molar-refractivity contribution >= 4 is 11.0 Å². The standard InChI is InChI=1S/C16H14FN3O/c1-21-14-6-5-10(9-12(14)17)15(18)11-3-2-4-13-16(11)20-8-7-19-13/h2-9,15H,18H2,1H3. The van der Waals surface area contributed by atoms with E-state index in [1.54, 1.807) is 24.5 Å². The third-order valence-electron chi connectivity index (χ3n) is 3.40. The summed E-state index contributed by atoms with van der Waals surface area (Å²) in [5.74, 6) is -0.236. The molecule has 3 rings (SSSR count). The molecule has 0 radical (unpaired) electrons. The van der Waals surface area contributed by atoms with Crippen LogP contribution in [0.25, 0.3) is 11.0 Å². The maximum Gasteiger partial charge on any atom is 0.165 e. The molecule has 1 heterocycles. The van der Waals surface area contributed by atoms with E-state index in [0.717, 1.165) is 16.6 Å². The minimum atomic E-state index is -0.481. The molecular formula is C16H14FN3O. The molecule has 0 amide bonds. The molecule has 0 aliphatic heterocycles. The number of halogens is 1. The maximum absolute atomic E-state index is 13.8. The highest BCUT2D eigenvalue weighted by Crippen LogP contribution is 2.27. The van der Waals surface area contributed by atoms with E-state index < -0.39 is 11.9 Å². The van der Waals surface area contributed by atoms with Gasteiger partial charge in [-0.2, -0.15) is 0 Å². The zero-order chi connectivity index (χ0) is 14.8. The fourth-order valence-electron chi connectivity index (χ4n) is 2.32. The van der Waals surface area contributed by atoms with E-state index in [1.165, 1.54) is 13.2 Å². The van der Waals surface area contributed by atoms with Gasteiger partial charge in [-0.3, -0.25) is 9.97 Å². The first-order valence-corrected chi connectivity index (χ1v) is 6.49. The van der Waals surface area contributed by atoms with E-state index in [1.807, 2.05) is 18.2 Å². The van der Waals surface area contributed by atoms with Gasteiger partial charge in [0.05, 0.1) is 24.2 Å². The molecule has 1 aromatic heterocycles. The van der Waals surface area contributed by atoms with Crippen molar-refractivity contribution in [2.24, 2.45) is 5.73 Å². The van der Waals surface area contributed by atoms with Gasteiger partial charge in [-0.25, -0.2) is 4.39 Å². The molecular weight excluding hydrogens is 269 g/mol. The van der Waals surface area contributed by atoms with Gasteiger partial charge in [-0.05, 0) is 23.8 Å². The van der Waals surface area contributed by atoms with Crippen molar-refractivity contribution in [3.63, 3.8) is 0 Å². The lowest BCUT2D eigenvalue weighted by Gasteiger charge is -2.15. The molecule has 0 bridgehead atoms. The predicted molar refractivity (Wildman–Crippen MR) is 78.5 cm³/mol. The second kappa shape index (κ2) is 5.46. The Hall–Kier alpha value is -2.53. The first kappa shape index (κ1) is 13.5. The number of nitrogens with two attached hydrogens (primary N) is 1. The number of aromatic nitrogens is 2. The molecule has 106 valence electrons. The van der Waals surface area contributed by atoms with E-state index in [0.29, 0.717) is 5.56 Å².